The average molecular weight is 384 g/mol. The summed E-state index contributed by atoms with van der Waals surface area (Å²) in [4.78, 5) is 23.1. The fraction of sp³-hybridized carbons (Fsp3) is 0.905. The normalized spacial score (nSPS) is 10.7. The minimum Gasteiger partial charge on any atom is -0.549 e. The van der Waals surface area contributed by atoms with Crippen molar-refractivity contribution in [2.24, 2.45) is 5.41 Å². The van der Waals surface area contributed by atoms with Gasteiger partial charge in [-0.1, -0.05) is 104 Å². The van der Waals surface area contributed by atoms with Crippen molar-refractivity contribution in [3.63, 3.8) is 0 Å². The molecule has 0 radical (unpaired) electrons. The number of carboxylic acids is 2. The summed E-state index contributed by atoms with van der Waals surface area (Å²) < 4.78 is 0. The summed E-state index contributed by atoms with van der Waals surface area (Å²) in [6.07, 6.45) is 14.8. The van der Waals surface area contributed by atoms with Gasteiger partial charge in [0.15, 0.2) is 0 Å². The number of carboxylic acid groups (broad SMARTS) is 2. The van der Waals surface area contributed by atoms with Gasteiger partial charge >= 0.3 is 48.4 Å². The zero-order valence-corrected chi connectivity index (χ0v) is 20.4. The number of carbonyl (C=O) groups is 2. The Hall–Kier alpha value is 0.537. The van der Waals surface area contributed by atoms with Crippen LogP contribution in [0.3, 0.4) is 0 Å². The van der Waals surface area contributed by atoms with Crippen molar-refractivity contribution in [1.29, 1.82) is 0 Å². The second-order valence-electron chi connectivity index (χ2n) is 7.40. The van der Waals surface area contributed by atoms with Crippen molar-refractivity contribution < 1.29 is 68.2 Å². The first-order valence-electron chi connectivity index (χ1n) is 10.4. The van der Waals surface area contributed by atoms with E-state index in [2.05, 4.69) is 13.8 Å². The van der Waals surface area contributed by atoms with Crippen LogP contribution in [0.2, 0.25) is 0 Å². The maximum absolute atomic E-state index is 11.5. The summed E-state index contributed by atoms with van der Waals surface area (Å²) in [5.74, 6) is -2.94. The van der Waals surface area contributed by atoms with E-state index in [4.69, 9.17) is 0 Å². The molecule has 0 fully saturated rings. The van der Waals surface area contributed by atoms with E-state index in [1.165, 1.54) is 38.5 Å². The van der Waals surface area contributed by atoms with Gasteiger partial charge in [0.25, 0.3) is 0 Å². The van der Waals surface area contributed by atoms with Crippen molar-refractivity contribution in [3.05, 3.63) is 0 Å². The molecule has 0 N–H and O–H groups in total. The van der Waals surface area contributed by atoms with E-state index in [1.807, 2.05) is 0 Å². The van der Waals surface area contributed by atoms with Crippen LogP contribution in [0.25, 0.3) is 0 Å². The van der Waals surface area contributed by atoms with Gasteiger partial charge in [-0.05, 0) is 12.8 Å². The van der Waals surface area contributed by atoms with Crippen molar-refractivity contribution in [3.8, 4) is 0 Å². The molecule has 4 nitrogen and oxygen atoms in total. The molecule has 0 aromatic heterocycles. The third-order valence-electron chi connectivity index (χ3n) is 5.20. The van der Waals surface area contributed by atoms with Gasteiger partial charge in [0, 0.05) is 5.41 Å². The van der Waals surface area contributed by atoms with Crippen LogP contribution in [0.4, 0.5) is 0 Å². The minimum absolute atomic E-state index is 0. The molecule has 0 aromatic carbocycles. The molecule has 0 atom stereocenters. The topological polar surface area (TPSA) is 80.3 Å². The summed E-state index contributed by atoms with van der Waals surface area (Å²) in [7, 11) is 0. The third-order valence-corrected chi connectivity index (χ3v) is 5.20. The van der Waals surface area contributed by atoms with Gasteiger partial charge in [0.1, 0.15) is 0 Å². The molecular formula is C21H38LiNaO4. The largest absolute Gasteiger partial charge is 1.00 e. The number of carbonyl (C=O) groups excluding carboxylic acids is 2. The Bertz CT molecular complexity index is 330. The molecule has 0 saturated carbocycles. The zero-order valence-electron chi connectivity index (χ0n) is 18.4. The maximum Gasteiger partial charge on any atom is 1.00 e. The van der Waals surface area contributed by atoms with E-state index in [1.54, 1.807) is 0 Å². The fourth-order valence-corrected chi connectivity index (χ4v) is 3.38. The molecule has 0 heterocycles. The number of aliphatic carboxylic acids is 2. The fourth-order valence-electron chi connectivity index (χ4n) is 3.38. The number of hydrogen-bond acceptors (Lipinski definition) is 4. The molecule has 27 heavy (non-hydrogen) atoms. The van der Waals surface area contributed by atoms with Crippen molar-refractivity contribution >= 4 is 11.9 Å². The molecule has 0 bridgehead atoms. The van der Waals surface area contributed by atoms with Gasteiger partial charge in [-0.3, -0.25) is 0 Å². The summed E-state index contributed by atoms with van der Waals surface area (Å²) in [5.41, 5.74) is -1.80. The molecule has 0 aliphatic heterocycles. The molecule has 148 valence electrons. The Morgan fingerprint density at radius 3 is 1.11 bits per heavy atom. The van der Waals surface area contributed by atoms with E-state index in [9.17, 15) is 19.8 Å². The summed E-state index contributed by atoms with van der Waals surface area (Å²) in [5, 5.41) is 23.1. The summed E-state index contributed by atoms with van der Waals surface area (Å²) in [6.45, 7) is 4.33. The summed E-state index contributed by atoms with van der Waals surface area (Å²) >= 11 is 0. The molecule has 0 spiro atoms. The van der Waals surface area contributed by atoms with Gasteiger partial charge in [0.05, 0.1) is 11.9 Å². The van der Waals surface area contributed by atoms with Gasteiger partial charge in [-0.25, -0.2) is 0 Å². The smallest absolute Gasteiger partial charge is 0.549 e. The van der Waals surface area contributed by atoms with E-state index >= 15 is 0 Å². The minimum atomic E-state index is -1.80. The Balaban J connectivity index is -0.00000288. The quantitative estimate of drug-likeness (QED) is 0.152. The SMILES string of the molecule is CCCCCCCCCC(CCCCCCCCC)(C(=O)[O-])C(=O)[O-].[Li+].[Na+]. The second-order valence-corrected chi connectivity index (χ2v) is 7.40. The maximum atomic E-state index is 11.5. The van der Waals surface area contributed by atoms with Crippen LogP contribution in [0, 0.1) is 5.41 Å². The van der Waals surface area contributed by atoms with Gasteiger partial charge in [0.2, 0.25) is 0 Å². The summed E-state index contributed by atoms with van der Waals surface area (Å²) in [6, 6.07) is 0. The van der Waals surface area contributed by atoms with Crippen LogP contribution in [-0.2, 0) is 9.59 Å². The van der Waals surface area contributed by atoms with Gasteiger partial charge in [-0.2, -0.15) is 0 Å². The van der Waals surface area contributed by atoms with Crippen molar-refractivity contribution in [2.45, 2.75) is 117 Å². The standard InChI is InChI=1S/C21H40O4.Li.Na/c1-3-5-7-9-11-13-15-17-21(19(22)23,20(24)25)18-16-14-12-10-8-6-4-2;;/h3-18H2,1-2H3,(H,22,23)(H,24,25);;/q;2*+1/p-2. The van der Waals surface area contributed by atoms with Crippen LogP contribution in [0.15, 0.2) is 0 Å². The first-order valence-corrected chi connectivity index (χ1v) is 10.4. The number of unbranched alkanes of at least 4 members (excludes halogenated alkanes) is 12. The average Bonchev–Trinajstić information content (AvgIpc) is 2.57. The van der Waals surface area contributed by atoms with E-state index in [-0.39, 0.29) is 61.3 Å². The molecule has 0 aromatic rings. The van der Waals surface area contributed by atoms with Gasteiger partial charge < -0.3 is 19.8 Å². The van der Waals surface area contributed by atoms with Crippen LogP contribution < -0.4 is 58.6 Å². The zero-order chi connectivity index (χ0) is 19.0. The second kappa shape index (κ2) is 21.3. The predicted octanol–water partition coefficient (Wildman–Crippen LogP) is -2.24. The molecule has 0 saturated heterocycles. The third kappa shape index (κ3) is 15.1. The first-order chi connectivity index (χ1) is 12.0. The molecule has 0 rings (SSSR count). The molecular weight excluding hydrogens is 346 g/mol. The molecule has 0 unspecified atom stereocenters. The Morgan fingerprint density at radius 1 is 0.593 bits per heavy atom. The van der Waals surface area contributed by atoms with Gasteiger partial charge in [-0.15, -0.1) is 0 Å². The monoisotopic (exact) mass is 384 g/mol. The van der Waals surface area contributed by atoms with E-state index < -0.39 is 17.4 Å². The Morgan fingerprint density at radius 2 is 0.852 bits per heavy atom. The van der Waals surface area contributed by atoms with Crippen molar-refractivity contribution in [2.75, 3.05) is 0 Å². The van der Waals surface area contributed by atoms with E-state index in [0.717, 1.165) is 38.5 Å². The van der Waals surface area contributed by atoms with Crippen LogP contribution in [0.1, 0.15) is 117 Å². The molecule has 0 aliphatic rings. The molecule has 0 aliphatic carbocycles. The molecule has 6 heteroatoms. The Kier molecular flexibility index (Phi) is 25.4. The van der Waals surface area contributed by atoms with Crippen LogP contribution >= 0.6 is 0 Å². The number of hydrogen-bond donors (Lipinski definition) is 0. The van der Waals surface area contributed by atoms with Crippen LogP contribution in [-0.4, -0.2) is 11.9 Å². The van der Waals surface area contributed by atoms with Crippen molar-refractivity contribution in [1.82, 2.24) is 0 Å². The Labute approximate surface area is 201 Å². The van der Waals surface area contributed by atoms with Crippen LogP contribution in [0.5, 0.6) is 0 Å². The predicted molar refractivity (Wildman–Crippen MR) is 97.7 cm³/mol. The number of rotatable bonds is 18. The molecule has 0 amide bonds. The van der Waals surface area contributed by atoms with E-state index in [0.29, 0.717) is 12.8 Å². The first kappa shape index (κ1) is 32.2.